The van der Waals surface area contributed by atoms with Crippen LogP contribution in [0.15, 0.2) is 42.5 Å². The highest BCUT2D eigenvalue weighted by Crippen LogP contribution is 2.21. The van der Waals surface area contributed by atoms with E-state index in [1.54, 1.807) is 6.92 Å². The van der Waals surface area contributed by atoms with Crippen LogP contribution in [0.3, 0.4) is 0 Å². The summed E-state index contributed by atoms with van der Waals surface area (Å²) in [6.45, 7) is 7.98. The predicted octanol–water partition coefficient (Wildman–Crippen LogP) is 3.39. The van der Waals surface area contributed by atoms with Crippen LogP contribution < -0.4 is 20.3 Å². The second-order valence-electron chi connectivity index (χ2n) is 6.76. The molecule has 0 aliphatic carbocycles. The van der Waals surface area contributed by atoms with Gasteiger partial charge in [-0.15, -0.1) is 0 Å². The maximum absolute atomic E-state index is 12.1. The summed E-state index contributed by atoms with van der Waals surface area (Å²) in [5.74, 6) is 0.749. The van der Waals surface area contributed by atoms with Crippen LogP contribution >= 0.6 is 0 Å². The van der Waals surface area contributed by atoms with Crippen molar-refractivity contribution in [3.63, 3.8) is 0 Å². The fourth-order valence-corrected chi connectivity index (χ4v) is 2.52. The maximum atomic E-state index is 12.1. The molecule has 2 N–H and O–H groups in total. The summed E-state index contributed by atoms with van der Waals surface area (Å²) in [4.78, 5) is 24.0. The summed E-state index contributed by atoms with van der Waals surface area (Å²) in [7, 11) is 0. The number of carbonyl (C=O) groups excluding carboxylic acids is 2. The van der Waals surface area contributed by atoms with Gasteiger partial charge in [0.1, 0.15) is 11.5 Å². The SMILES string of the molecule is Cc1cccc(OCCCC(=O)NNC(=O)C(C)Oc2cccc(C)c2C)c1. The monoisotopic (exact) mass is 384 g/mol. The lowest BCUT2D eigenvalue weighted by atomic mass is 10.1. The Kier molecular flexibility index (Phi) is 7.87. The molecule has 0 aromatic heterocycles. The molecule has 6 nitrogen and oxygen atoms in total. The van der Waals surface area contributed by atoms with Crippen LogP contribution in [0, 0.1) is 20.8 Å². The predicted molar refractivity (Wildman–Crippen MR) is 108 cm³/mol. The van der Waals surface area contributed by atoms with Crippen LogP contribution in [0.25, 0.3) is 0 Å². The van der Waals surface area contributed by atoms with Gasteiger partial charge >= 0.3 is 0 Å². The van der Waals surface area contributed by atoms with Crippen molar-refractivity contribution in [2.24, 2.45) is 0 Å². The van der Waals surface area contributed by atoms with Crippen LogP contribution in [-0.2, 0) is 9.59 Å². The Labute approximate surface area is 166 Å². The summed E-state index contributed by atoms with van der Waals surface area (Å²) in [5, 5.41) is 0. The highest BCUT2D eigenvalue weighted by molar-refractivity contribution is 5.84. The standard InChI is InChI=1S/C22H28N2O4/c1-15-8-5-10-19(14-15)27-13-7-12-21(25)23-24-22(26)18(4)28-20-11-6-9-16(2)17(20)3/h5-6,8-11,14,18H,7,12-13H2,1-4H3,(H,23,25)(H,24,26). The zero-order valence-corrected chi connectivity index (χ0v) is 16.9. The average molecular weight is 384 g/mol. The number of ether oxygens (including phenoxy) is 2. The van der Waals surface area contributed by atoms with Crippen molar-refractivity contribution >= 4 is 11.8 Å². The first-order chi connectivity index (χ1) is 13.4. The van der Waals surface area contributed by atoms with E-state index in [4.69, 9.17) is 9.47 Å². The number of nitrogens with one attached hydrogen (secondary N) is 2. The second-order valence-corrected chi connectivity index (χ2v) is 6.76. The molecule has 0 heterocycles. The molecule has 6 heteroatoms. The first-order valence-electron chi connectivity index (χ1n) is 9.38. The molecule has 2 rings (SSSR count). The van der Waals surface area contributed by atoms with Gasteiger partial charge in [0.15, 0.2) is 6.10 Å². The molecule has 1 unspecified atom stereocenters. The van der Waals surface area contributed by atoms with Crippen LogP contribution in [0.1, 0.15) is 36.5 Å². The molecule has 0 saturated carbocycles. The van der Waals surface area contributed by atoms with E-state index in [1.807, 2.05) is 63.2 Å². The molecule has 0 radical (unpaired) electrons. The molecule has 150 valence electrons. The Morgan fingerprint density at radius 1 is 1.04 bits per heavy atom. The third-order valence-corrected chi connectivity index (χ3v) is 4.36. The fraction of sp³-hybridized carbons (Fsp3) is 0.364. The molecular weight excluding hydrogens is 356 g/mol. The molecular formula is C22H28N2O4. The average Bonchev–Trinajstić information content (AvgIpc) is 2.67. The van der Waals surface area contributed by atoms with Gasteiger partial charge in [0, 0.05) is 6.42 Å². The number of hydrogen-bond donors (Lipinski definition) is 2. The van der Waals surface area contributed by atoms with Gasteiger partial charge in [-0.3, -0.25) is 20.4 Å². The third kappa shape index (κ3) is 6.61. The Morgan fingerprint density at radius 3 is 2.54 bits per heavy atom. The molecule has 28 heavy (non-hydrogen) atoms. The normalized spacial score (nSPS) is 11.4. The maximum Gasteiger partial charge on any atom is 0.279 e. The molecule has 2 aromatic rings. The van der Waals surface area contributed by atoms with Crippen LogP contribution in [0.2, 0.25) is 0 Å². The van der Waals surface area contributed by atoms with E-state index in [0.29, 0.717) is 18.8 Å². The minimum Gasteiger partial charge on any atom is -0.494 e. The van der Waals surface area contributed by atoms with Gasteiger partial charge in [-0.1, -0.05) is 24.3 Å². The highest BCUT2D eigenvalue weighted by atomic mass is 16.5. The van der Waals surface area contributed by atoms with Gasteiger partial charge in [0.25, 0.3) is 5.91 Å². The number of carbonyl (C=O) groups is 2. The largest absolute Gasteiger partial charge is 0.494 e. The van der Waals surface area contributed by atoms with E-state index in [0.717, 1.165) is 22.4 Å². The van der Waals surface area contributed by atoms with Gasteiger partial charge in [-0.25, -0.2) is 0 Å². The van der Waals surface area contributed by atoms with Crippen LogP contribution in [-0.4, -0.2) is 24.5 Å². The van der Waals surface area contributed by atoms with Gasteiger partial charge in [0.05, 0.1) is 6.61 Å². The molecule has 0 fully saturated rings. The summed E-state index contributed by atoms with van der Waals surface area (Å²) < 4.78 is 11.3. The van der Waals surface area contributed by atoms with E-state index in [9.17, 15) is 9.59 Å². The first kappa shape index (κ1) is 21.3. The number of rotatable bonds is 8. The lowest BCUT2D eigenvalue weighted by Gasteiger charge is -2.17. The number of hydrazine groups is 1. The number of aryl methyl sites for hydroxylation is 2. The van der Waals surface area contributed by atoms with E-state index in [-0.39, 0.29) is 12.3 Å². The first-order valence-corrected chi connectivity index (χ1v) is 9.38. The molecule has 0 aliphatic rings. The van der Waals surface area contributed by atoms with Crippen molar-refractivity contribution < 1.29 is 19.1 Å². The highest BCUT2D eigenvalue weighted by Gasteiger charge is 2.16. The zero-order valence-electron chi connectivity index (χ0n) is 16.9. The van der Waals surface area contributed by atoms with E-state index < -0.39 is 12.0 Å². The Morgan fingerprint density at radius 2 is 1.79 bits per heavy atom. The number of hydrogen-bond acceptors (Lipinski definition) is 4. The van der Waals surface area contributed by atoms with Crippen LogP contribution in [0.5, 0.6) is 11.5 Å². The van der Waals surface area contributed by atoms with Gasteiger partial charge < -0.3 is 9.47 Å². The van der Waals surface area contributed by atoms with Gasteiger partial charge in [-0.05, 0) is 69.0 Å². The Bertz CT molecular complexity index is 820. The van der Waals surface area contributed by atoms with Gasteiger partial charge in [-0.2, -0.15) is 0 Å². The van der Waals surface area contributed by atoms with E-state index in [1.165, 1.54) is 0 Å². The van der Waals surface area contributed by atoms with E-state index in [2.05, 4.69) is 10.9 Å². The quantitative estimate of drug-likeness (QED) is 0.540. The minimum atomic E-state index is -0.731. The second kappa shape index (κ2) is 10.3. The molecule has 0 saturated heterocycles. The van der Waals surface area contributed by atoms with Crippen molar-refractivity contribution in [3.8, 4) is 11.5 Å². The van der Waals surface area contributed by atoms with Crippen molar-refractivity contribution in [2.75, 3.05) is 6.61 Å². The summed E-state index contributed by atoms with van der Waals surface area (Å²) in [6, 6.07) is 13.4. The summed E-state index contributed by atoms with van der Waals surface area (Å²) in [6.07, 6.45) is 0.0631. The van der Waals surface area contributed by atoms with E-state index >= 15 is 0 Å². The van der Waals surface area contributed by atoms with Crippen molar-refractivity contribution in [3.05, 3.63) is 59.2 Å². The lowest BCUT2D eigenvalue weighted by Crippen LogP contribution is -2.47. The number of amides is 2. The van der Waals surface area contributed by atoms with Crippen molar-refractivity contribution in [1.29, 1.82) is 0 Å². The molecule has 1 atom stereocenters. The smallest absolute Gasteiger partial charge is 0.279 e. The minimum absolute atomic E-state index is 0.248. The molecule has 0 aliphatic heterocycles. The zero-order chi connectivity index (χ0) is 20.5. The molecule has 2 aromatic carbocycles. The molecule has 0 spiro atoms. The molecule has 0 bridgehead atoms. The molecule has 2 amide bonds. The summed E-state index contributed by atoms with van der Waals surface area (Å²) in [5.41, 5.74) is 8.00. The Balaban J connectivity index is 1.67. The summed E-state index contributed by atoms with van der Waals surface area (Å²) >= 11 is 0. The topological polar surface area (TPSA) is 76.7 Å². The van der Waals surface area contributed by atoms with Crippen molar-refractivity contribution in [2.45, 2.75) is 46.6 Å². The number of benzene rings is 2. The van der Waals surface area contributed by atoms with Crippen molar-refractivity contribution in [1.82, 2.24) is 10.9 Å². The lowest BCUT2D eigenvalue weighted by molar-refractivity contribution is -0.132. The van der Waals surface area contributed by atoms with Gasteiger partial charge in [0.2, 0.25) is 5.91 Å². The third-order valence-electron chi connectivity index (χ3n) is 4.36. The van der Waals surface area contributed by atoms with Crippen LogP contribution in [0.4, 0.5) is 0 Å². The Hall–Kier alpha value is -3.02. The fourth-order valence-electron chi connectivity index (χ4n) is 2.52.